The molecule has 0 aliphatic carbocycles. The number of fused-ring (bicyclic) bond motifs is 2. The van der Waals surface area contributed by atoms with Crippen LogP contribution in [-0.4, -0.2) is 55.2 Å². The maximum atomic E-state index is 12.5. The minimum Gasteiger partial charge on any atom is -0.368 e. The van der Waals surface area contributed by atoms with Gasteiger partial charge in [-0.3, -0.25) is 4.79 Å². The molecule has 4 rings (SSSR count). The number of likely N-dealkylation sites (tertiary alicyclic amines) is 1. The molecule has 1 fully saturated rings. The van der Waals surface area contributed by atoms with Gasteiger partial charge >= 0.3 is 0 Å². The van der Waals surface area contributed by atoms with Crippen molar-refractivity contribution in [1.29, 1.82) is 0 Å². The summed E-state index contributed by atoms with van der Waals surface area (Å²) < 4.78 is 8.01. The van der Waals surface area contributed by atoms with Gasteiger partial charge in [0.25, 0.3) is 0 Å². The average Bonchev–Trinajstić information content (AvgIpc) is 3.15. The maximum Gasteiger partial charge on any atom is 0.224 e. The second-order valence-electron chi connectivity index (χ2n) is 6.71. The van der Waals surface area contributed by atoms with Gasteiger partial charge in [0.05, 0.1) is 12.3 Å². The van der Waals surface area contributed by atoms with E-state index in [0.29, 0.717) is 32.7 Å². The van der Waals surface area contributed by atoms with Gasteiger partial charge < -0.3 is 14.2 Å². The number of hydrogen-bond acceptors (Lipinski definition) is 6. The first-order valence-corrected chi connectivity index (χ1v) is 8.73. The van der Waals surface area contributed by atoms with E-state index in [9.17, 15) is 4.79 Å². The van der Waals surface area contributed by atoms with Crippen molar-refractivity contribution in [1.82, 2.24) is 29.6 Å². The molecule has 132 valence electrons. The van der Waals surface area contributed by atoms with Crippen molar-refractivity contribution < 1.29 is 9.53 Å². The van der Waals surface area contributed by atoms with E-state index >= 15 is 0 Å². The molecular formula is C17H22N6O2. The van der Waals surface area contributed by atoms with Crippen LogP contribution >= 0.6 is 0 Å². The van der Waals surface area contributed by atoms with Crippen molar-refractivity contribution in [2.45, 2.75) is 44.8 Å². The van der Waals surface area contributed by atoms with Crippen LogP contribution in [0.3, 0.4) is 0 Å². The summed E-state index contributed by atoms with van der Waals surface area (Å²) in [6, 6.07) is 0. The molecule has 2 aliphatic heterocycles. The smallest absolute Gasteiger partial charge is 0.224 e. The normalized spacial score (nSPS) is 19.0. The van der Waals surface area contributed by atoms with E-state index in [1.54, 1.807) is 12.7 Å². The van der Waals surface area contributed by atoms with Gasteiger partial charge in [0.2, 0.25) is 5.91 Å². The fourth-order valence-corrected chi connectivity index (χ4v) is 3.72. The molecule has 2 aromatic rings. The number of nitrogens with zero attached hydrogens (tertiary/aromatic N) is 6. The fraction of sp³-hybridized carbons (Fsp3) is 0.588. The minimum atomic E-state index is -0.355. The highest BCUT2D eigenvalue weighted by molar-refractivity contribution is 5.76. The summed E-state index contributed by atoms with van der Waals surface area (Å²) in [6.45, 7) is 4.61. The molecule has 2 aliphatic rings. The number of piperidine rings is 1. The second kappa shape index (κ2) is 6.51. The Morgan fingerprint density at radius 2 is 2.04 bits per heavy atom. The van der Waals surface area contributed by atoms with Crippen LogP contribution in [0.15, 0.2) is 18.9 Å². The van der Waals surface area contributed by atoms with Gasteiger partial charge in [-0.2, -0.15) is 0 Å². The maximum absolute atomic E-state index is 12.5. The lowest BCUT2D eigenvalue weighted by Gasteiger charge is -2.44. The van der Waals surface area contributed by atoms with E-state index in [-0.39, 0.29) is 11.5 Å². The Labute approximate surface area is 146 Å². The highest BCUT2D eigenvalue weighted by Crippen LogP contribution is 2.40. The lowest BCUT2D eigenvalue weighted by Crippen LogP contribution is -2.49. The third kappa shape index (κ3) is 3.13. The summed E-state index contributed by atoms with van der Waals surface area (Å²) in [5.74, 6) is 0.939. The van der Waals surface area contributed by atoms with E-state index in [2.05, 4.69) is 20.2 Å². The van der Waals surface area contributed by atoms with Crippen LogP contribution < -0.4 is 0 Å². The molecule has 1 saturated heterocycles. The van der Waals surface area contributed by atoms with Crippen LogP contribution in [0.25, 0.3) is 0 Å². The Morgan fingerprint density at radius 3 is 2.80 bits per heavy atom. The van der Waals surface area contributed by atoms with Crippen LogP contribution in [0.2, 0.25) is 0 Å². The Morgan fingerprint density at radius 1 is 1.28 bits per heavy atom. The molecule has 1 amide bonds. The molecule has 0 aromatic carbocycles. The molecule has 4 heterocycles. The predicted octanol–water partition coefficient (Wildman–Crippen LogP) is 0.857. The Hall–Kier alpha value is -2.35. The fourth-order valence-electron chi connectivity index (χ4n) is 3.72. The van der Waals surface area contributed by atoms with Crippen molar-refractivity contribution in [3.63, 3.8) is 0 Å². The SMILES string of the molecule is Cc1ncc2c(n1)C1(CCN(C(=O)CCn3cnnc3)CC1)OCC2. The number of carbonyl (C=O) groups excluding carboxylic acids is 1. The molecule has 8 nitrogen and oxygen atoms in total. The van der Waals surface area contributed by atoms with Crippen molar-refractivity contribution in [2.24, 2.45) is 0 Å². The Balaban J connectivity index is 1.42. The van der Waals surface area contributed by atoms with Crippen molar-refractivity contribution >= 4 is 5.91 Å². The molecule has 0 radical (unpaired) electrons. The monoisotopic (exact) mass is 342 g/mol. The lowest BCUT2D eigenvalue weighted by molar-refractivity contribution is -0.141. The lowest BCUT2D eigenvalue weighted by atomic mass is 9.83. The van der Waals surface area contributed by atoms with Crippen molar-refractivity contribution in [3.05, 3.63) is 35.9 Å². The van der Waals surface area contributed by atoms with Gasteiger partial charge in [-0.15, -0.1) is 10.2 Å². The number of rotatable bonds is 3. The van der Waals surface area contributed by atoms with Crippen molar-refractivity contribution in [3.8, 4) is 0 Å². The van der Waals surface area contributed by atoms with Crippen LogP contribution in [0.4, 0.5) is 0 Å². The number of amides is 1. The van der Waals surface area contributed by atoms with Gasteiger partial charge in [0.1, 0.15) is 24.1 Å². The standard InChI is InChI=1S/C17H22N6O2/c1-13-18-10-14-3-9-25-17(16(14)21-13)4-7-23(8-5-17)15(24)2-6-22-11-19-20-12-22/h10-12H,2-9H2,1H3. The van der Waals surface area contributed by atoms with Crippen LogP contribution in [0, 0.1) is 6.92 Å². The van der Waals surface area contributed by atoms with Crippen LogP contribution in [-0.2, 0) is 28.1 Å². The van der Waals surface area contributed by atoms with Gasteiger partial charge in [-0.25, -0.2) is 9.97 Å². The molecule has 0 unspecified atom stereocenters. The number of aromatic nitrogens is 5. The molecular weight excluding hydrogens is 320 g/mol. The molecule has 8 heteroatoms. The van der Waals surface area contributed by atoms with Gasteiger partial charge in [0, 0.05) is 32.3 Å². The zero-order valence-corrected chi connectivity index (χ0v) is 14.4. The first-order chi connectivity index (χ1) is 12.2. The number of carbonyl (C=O) groups is 1. The highest BCUT2D eigenvalue weighted by Gasteiger charge is 2.43. The Kier molecular flexibility index (Phi) is 4.20. The molecule has 2 aromatic heterocycles. The molecule has 0 atom stereocenters. The van der Waals surface area contributed by atoms with E-state index in [1.165, 1.54) is 5.56 Å². The van der Waals surface area contributed by atoms with E-state index in [4.69, 9.17) is 4.74 Å². The van der Waals surface area contributed by atoms with Crippen molar-refractivity contribution in [2.75, 3.05) is 19.7 Å². The zero-order valence-electron chi connectivity index (χ0n) is 14.4. The third-order valence-electron chi connectivity index (χ3n) is 5.14. The summed E-state index contributed by atoms with van der Waals surface area (Å²) in [5, 5.41) is 7.52. The molecule has 1 spiro atoms. The van der Waals surface area contributed by atoms with E-state index in [1.807, 2.05) is 22.6 Å². The topological polar surface area (TPSA) is 86.0 Å². The zero-order chi connectivity index (χ0) is 17.3. The predicted molar refractivity (Wildman–Crippen MR) is 88.6 cm³/mol. The highest BCUT2D eigenvalue weighted by atomic mass is 16.5. The van der Waals surface area contributed by atoms with Crippen LogP contribution in [0.1, 0.15) is 36.3 Å². The van der Waals surface area contributed by atoms with Gasteiger partial charge in [-0.1, -0.05) is 0 Å². The van der Waals surface area contributed by atoms with Crippen LogP contribution in [0.5, 0.6) is 0 Å². The van der Waals surface area contributed by atoms with Gasteiger partial charge in [0.15, 0.2) is 0 Å². The number of ether oxygens (including phenoxy) is 1. The van der Waals surface area contributed by atoms with E-state index in [0.717, 1.165) is 30.8 Å². The Bertz CT molecular complexity index is 753. The summed E-state index contributed by atoms with van der Waals surface area (Å²) in [6.07, 6.45) is 8.09. The molecule has 0 saturated carbocycles. The summed E-state index contributed by atoms with van der Waals surface area (Å²) >= 11 is 0. The largest absolute Gasteiger partial charge is 0.368 e. The number of aryl methyl sites for hydroxylation is 2. The average molecular weight is 342 g/mol. The summed E-state index contributed by atoms with van der Waals surface area (Å²) in [4.78, 5) is 23.4. The summed E-state index contributed by atoms with van der Waals surface area (Å²) in [7, 11) is 0. The quantitative estimate of drug-likeness (QED) is 0.822. The third-order valence-corrected chi connectivity index (χ3v) is 5.14. The van der Waals surface area contributed by atoms with Gasteiger partial charge in [-0.05, 0) is 31.7 Å². The molecule has 25 heavy (non-hydrogen) atoms. The number of hydrogen-bond donors (Lipinski definition) is 0. The minimum absolute atomic E-state index is 0.165. The summed E-state index contributed by atoms with van der Waals surface area (Å²) in [5.41, 5.74) is 1.86. The second-order valence-corrected chi connectivity index (χ2v) is 6.71. The molecule has 0 bridgehead atoms. The first kappa shape index (κ1) is 16.1. The molecule has 0 N–H and O–H groups in total. The first-order valence-electron chi connectivity index (χ1n) is 8.73. The van der Waals surface area contributed by atoms with E-state index < -0.39 is 0 Å².